The van der Waals surface area contributed by atoms with E-state index in [0.29, 0.717) is 18.2 Å². The Labute approximate surface area is 114 Å². The van der Waals surface area contributed by atoms with Gasteiger partial charge in [0.25, 0.3) is 5.91 Å². The highest BCUT2D eigenvalue weighted by atomic mass is 127. The minimum absolute atomic E-state index is 0.00114. The maximum absolute atomic E-state index is 11.6. The number of amides is 2. The molecule has 1 aromatic rings. The number of carbonyl (C=O) groups is 2. The normalized spacial score (nSPS) is 10.4. The molecule has 0 radical (unpaired) electrons. The molecule has 0 aromatic carbocycles. The molecule has 0 saturated carbocycles. The number of H-pyrrole nitrogens is 1. The molecular formula is C11H16IN3O2. The monoisotopic (exact) mass is 349 g/mol. The van der Waals surface area contributed by atoms with Crippen LogP contribution in [-0.4, -0.2) is 29.9 Å². The molecule has 1 rings (SSSR count). The predicted octanol–water partition coefficient (Wildman–Crippen LogP) is 1.12. The van der Waals surface area contributed by atoms with Gasteiger partial charge in [0.05, 0.1) is 6.54 Å². The van der Waals surface area contributed by atoms with Crippen molar-refractivity contribution >= 4 is 34.4 Å². The van der Waals surface area contributed by atoms with Crippen molar-refractivity contribution in [1.29, 1.82) is 0 Å². The first-order chi connectivity index (χ1) is 7.99. The van der Waals surface area contributed by atoms with Crippen LogP contribution in [0.25, 0.3) is 0 Å². The van der Waals surface area contributed by atoms with E-state index in [1.165, 1.54) is 0 Å². The number of halogens is 1. The summed E-state index contributed by atoms with van der Waals surface area (Å²) in [4.78, 5) is 25.8. The number of aromatic amines is 1. The van der Waals surface area contributed by atoms with Gasteiger partial charge in [-0.3, -0.25) is 9.59 Å². The number of hydrogen-bond donors (Lipinski definition) is 3. The van der Waals surface area contributed by atoms with Crippen molar-refractivity contribution in [3.8, 4) is 0 Å². The molecule has 3 N–H and O–H groups in total. The van der Waals surface area contributed by atoms with Gasteiger partial charge in [0.15, 0.2) is 0 Å². The Kier molecular flexibility index (Phi) is 5.46. The topological polar surface area (TPSA) is 74.0 Å². The third-order valence-corrected chi connectivity index (χ3v) is 2.63. The molecule has 94 valence electrons. The summed E-state index contributed by atoms with van der Waals surface area (Å²) in [5.41, 5.74) is 0.464. The van der Waals surface area contributed by atoms with Gasteiger partial charge in [-0.25, -0.2) is 0 Å². The van der Waals surface area contributed by atoms with E-state index in [0.717, 1.165) is 3.57 Å². The van der Waals surface area contributed by atoms with E-state index in [-0.39, 0.29) is 18.4 Å². The second-order valence-electron chi connectivity index (χ2n) is 4.11. The second-order valence-corrected chi connectivity index (χ2v) is 5.36. The number of aromatic nitrogens is 1. The predicted molar refractivity (Wildman–Crippen MR) is 73.7 cm³/mol. The summed E-state index contributed by atoms with van der Waals surface area (Å²) in [6, 6.07) is 1.72. The smallest absolute Gasteiger partial charge is 0.268 e. The van der Waals surface area contributed by atoms with Crippen molar-refractivity contribution in [2.45, 2.75) is 13.8 Å². The molecule has 17 heavy (non-hydrogen) atoms. The van der Waals surface area contributed by atoms with Crippen LogP contribution in [0.3, 0.4) is 0 Å². The molecule has 0 fully saturated rings. The van der Waals surface area contributed by atoms with Crippen molar-refractivity contribution < 1.29 is 9.59 Å². The summed E-state index contributed by atoms with van der Waals surface area (Å²) in [6.45, 7) is 4.65. The molecule has 0 unspecified atom stereocenters. The summed E-state index contributed by atoms with van der Waals surface area (Å²) in [6.07, 6.45) is 1.73. The molecule has 2 amide bonds. The van der Waals surface area contributed by atoms with Crippen LogP contribution in [0.5, 0.6) is 0 Å². The molecule has 0 bridgehead atoms. The molecule has 5 nitrogen and oxygen atoms in total. The first-order valence-corrected chi connectivity index (χ1v) is 6.45. The Bertz CT molecular complexity index is 401. The van der Waals surface area contributed by atoms with Gasteiger partial charge >= 0.3 is 0 Å². The number of rotatable bonds is 5. The molecule has 0 aliphatic carbocycles. The van der Waals surface area contributed by atoms with Crippen LogP contribution in [0.2, 0.25) is 0 Å². The number of hydrogen-bond acceptors (Lipinski definition) is 2. The highest BCUT2D eigenvalue weighted by Gasteiger charge is 2.09. The van der Waals surface area contributed by atoms with Gasteiger partial charge in [0.2, 0.25) is 5.91 Å². The molecule has 0 aliphatic heterocycles. The summed E-state index contributed by atoms with van der Waals surface area (Å²) < 4.78 is 0.956. The van der Waals surface area contributed by atoms with Crippen molar-refractivity contribution in [1.82, 2.24) is 15.6 Å². The Balaban J connectivity index is 2.31. The lowest BCUT2D eigenvalue weighted by atomic mass is 10.2. The van der Waals surface area contributed by atoms with Gasteiger partial charge in [-0.15, -0.1) is 0 Å². The van der Waals surface area contributed by atoms with Crippen LogP contribution in [0.15, 0.2) is 12.3 Å². The molecule has 1 aromatic heterocycles. The highest BCUT2D eigenvalue weighted by Crippen LogP contribution is 2.05. The van der Waals surface area contributed by atoms with E-state index in [9.17, 15) is 9.59 Å². The van der Waals surface area contributed by atoms with E-state index in [2.05, 4.69) is 38.2 Å². The van der Waals surface area contributed by atoms with Crippen molar-refractivity contribution in [2.24, 2.45) is 5.92 Å². The quantitative estimate of drug-likeness (QED) is 0.697. The zero-order valence-corrected chi connectivity index (χ0v) is 12.0. The Morgan fingerprint density at radius 1 is 1.41 bits per heavy atom. The molecule has 0 spiro atoms. The SMILES string of the molecule is CC(C)CNC(=O)CNC(=O)c1cc(I)c[nH]1. The molecule has 6 heteroatoms. The van der Waals surface area contributed by atoms with Gasteiger partial charge in [0, 0.05) is 16.3 Å². The van der Waals surface area contributed by atoms with Crippen LogP contribution >= 0.6 is 22.6 Å². The standard InChI is InChI=1S/C11H16IN3O2/c1-7(2)4-14-10(16)6-15-11(17)9-3-8(12)5-13-9/h3,5,7,13H,4,6H2,1-2H3,(H,14,16)(H,15,17). The Hall–Kier alpha value is -1.05. The Morgan fingerprint density at radius 2 is 2.12 bits per heavy atom. The van der Waals surface area contributed by atoms with E-state index < -0.39 is 0 Å². The van der Waals surface area contributed by atoms with Crippen LogP contribution in [0.4, 0.5) is 0 Å². The van der Waals surface area contributed by atoms with Gasteiger partial charge in [-0.05, 0) is 34.6 Å². The molecule has 1 heterocycles. The lowest BCUT2D eigenvalue weighted by molar-refractivity contribution is -0.120. The molecule has 0 aliphatic rings. The second kappa shape index (κ2) is 6.63. The van der Waals surface area contributed by atoms with Crippen molar-refractivity contribution in [3.63, 3.8) is 0 Å². The van der Waals surface area contributed by atoms with Gasteiger partial charge in [-0.1, -0.05) is 13.8 Å². The summed E-state index contributed by atoms with van der Waals surface area (Å²) in [7, 11) is 0. The zero-order valence-electron chi connectivity index (χ0n) is 9.84. The minimum Gasteiger partial charge on any atom is -0.356 e. The average molecular weight is 349 g/mol. The first kappa shape index (κ1) is 14.0. The lowest BCUT2D eigenvalue weighted by Gasteiger charge is -2.08. The third-order valence-electron chi connectivity index (χ3n) is 2.01. The van der Waals surface area contributed by atoms with Crippen LogP contribution in [0.1, 0.15) is 24.3 Å². The lowest BCUT2D eigenvalue weighted by Crippen LogP contribution is -2.38. The van der Waals surface area contributed by atoms with Crippen molar-refractivity contribution in [2.75, 3.05) is 13.1 Å². The number of nitrogens with one attached hydrogen (secondary N) is 3. The van der Waals surface area contributed by atoms with E-state index >= 15 is 0 Å². The van der Waals surface area contributed by atoms with Crippen LogP contribution in [-0.2, 0) is 4.79 Å². The maximum atomic E-state index is 11.6. The fourth-order valence-corrected chi connectivity index (χ4v) is 1.60. The van der Waals surface area contributed by atoms with Gasteiger partial charge in [0.1, 0.15) is 5.69 Å². The maximum Gasteiger partial charge on any atom is 0.268 e. The highest BCUT2D eigenvalue weighted by molar-refractivity contribution is 14.1. The average Bonchev–Trinajstić information content (AvgIpc) is 2.70. The first-order valence-electron chi connectivity index (χ1n) is 5.38. The molecular weight excluding hydrogens is 333 g/mol. The van der Waals surface area contributed by atoms with Gasteiger partial charge in [-0.2, -0.15) is 0 Å². The van der Waals surface area contributed by atoms with Crippen LogP contribution in [0, 0.1) is 9.49 Å². The largest absolute Gasteiger partial charge is 0.356 e. The van der Waals surface area contributed by atoms with E-state index in [1.807, 2.05) is 13.8 Å². The minimum atomic E-state index is -0.271. The molecule has 0 atom stereocenters. The zero-order chi connectivity index (χ0) is 12.8. The fourth-order valence-electron chi connectivity index (χ4n) is 1.14. The van der Waals surface area contributed by atoms with Crippen LogP contribution < -0.4 is 10.6 Å². The fraction of sp³-hybridized carbons (Fsp3) is 0.455. The van der Waals surface area contributed by atoms with Gasteiger partial charge < -0.3 is 15.6 Å². The molecule has 0 saturated heterocycles. The summed E-state index contributed by atoms with van der Waals surface area (Å²) in [5.74, 6) is -0.0412. The third kappa shape index (κ3) is 5.20. The van der Waals surface area contributed by atoms with E-state index in [1.54, 1.807) is 12.3 Å². The van der Waals surface area contributed by atoms with Crippen molar-refractivity contribution in [3.05, 3.63) is 21.5 Å². The summed E-state index contributed by atoms with van der Waals surface area (Å²) >= 11 is 2.11. The Morgan fingerprint density at radius 3 is 2.65 bits per heavy atom. The van der Waals surface area contributed by atoms with E-state index in [4.69, 9.17) is 0 Å². The summed E-state index contributed by atoms with van der Waals surface area (Å²) in [5, 5.41) is 5.28. The number of carbonyl (C=O) groups excluding carboxylic acids is 2.